The Bertz CT molecular complexity index is 514. The van der Waals surface area contributed by atoms with Crippen molar-refractivity contribution in [2.24, 2.45) is 5.92 Å². The molecule has 0 spiro atoms. The van der Waals surface area contributed by atoms with E-state index in [1.165, 1.54) is 11.3 Å². The number of aryl methyl sites for hydroxylation is 1. The molecule has 1 aromatic heterocycles. The number of rotatable bonds is 4. The van der Waals surface area contributed by atoms with Crippen LogP contribution in [0.1, 0.15) is 43.4 Å². The molecule has 5 heteroatoms. The van der Waals surface area contributed by atoms with E-state index < -0.39 is 12.0 Å². The van der Waals surface area contributed by atoms with Crippen LogP contribution in [0.5, 0.6) is 0 Å². The smallest absolute Gasteiger partial charge is 0.326 e. The minimum atomic E-state index is -0.839. The van der Waals surface area contributed by atoms with Crippen LogP contribution in [0.3, 0.4) is 0 Å². The highest BCUT2D eigenvalue weighted by atomic mass is 32.1. The van der Waals surface area contributed by atoms with Gasteiger partial charge in [0, 0.05) is 17.3 Å². The Morgan fingerprint density at radius 2 is 2.14 bits per heavy atom. The second kappa shape index (κ2) is 6.18. The van der Waals surface area contributed by atoms with Gasteiger partial charge in [-0.25, -0.2) is 4.79 Å². The van der Waals surface area contributed by atoms with Gasteiger partial charge in [0.2, 0.25) is 5.91 Å². The number of carbonyl (C=O) groups excluding carboxylic acids is 1. The lowest BCUT2D eigenvalue weighted by atomic mass is 9.84. The number of carboxylic acids is 1. The molecule has 3 atom stereocenters. The van der Waals surface area contributed by atoms with Gasteiger partial charge in [0.1, 0.15) is 6.04 Å². The summed E-state index contributed by atoms with van der Waals surface area (Å²) in [6.45, 7) is 0. The lowest BCUT2D eigenvalue weighted by Gasteiger charge is -2.33. The molecule has 1 amide bonds. The number of amides is 1. The van der Waals surface area contributed by atoms with Crippen molar-refractivity contribution in [3.63, 3.8) is 0 Å². The number of aliphatic carboxylic acids is 1. The van der Waals surface area contributed by atoms with Gasteiger partial charge in [0.05, 0.1) is 0 Å². The van der Waals surface area contributed by atoms with Crippen LogP contribution in [0, 0.1) is 5.92 Å². The first-order chi connectivity index (χ1) is 10.2. The van der Waals surface area contributed by atoms with Crippen molar-refractivity contribution in [1.29, 1.82) is 0 Å². The normalized spacial score (nSPS) is 28.4. The van der Waals surface area contributed by atoms with Crippen molar-refractivity contribution < 1.29 is 14.7 Å². The molecular weight excluding hydrogens is 286 g/mol. The van der Waals surface area contributed by atoms with E-state index in [9.17, 15) is 14.7 Å². The van der Waals surface area contributed by atoms with Gasteiger partial charge in [-0.2, -0.15) is 0 Å². The van der Waals surface area contributed by atoms with Gasteiger partial charge in [-0.05, 0) is 43.0 Å². The molecule has 0 aromatic carbocycles. The first-order valence-corrected chi connectivity index (χ1v) is 8.61. The largest absolute Gasteiger partial charge is 0.480 e. The van der Waals surface area contributed by atoms with Gasteiger partial charge < -0.3 is 10.0 Å². The van der Waals surface area contributed by atoms with Crippen LogP contribution in [-0.4, -0.2) is 34.0 Å². The van der Waals surface area contributed by atoms with E-state index in [-0.39, 0.29) is 11.9 Å². The predicted molar refractivity (Wildman–Crippen MR) is 81.3 cm³/mol. The van der Waals surface area contributed by atoms with Crippen LogP contribution in [0.2, 0.25) is 0 Å². The summed E-state index contributed by atoms with van der Waals surface area (Å²) in [5.41, 5.74) is 0. The summed E-state index contributed by atoms with van der Waals surface area (Å²) in [7, 11) is 0. The zero-order chi connectivity index (χ0) is 14.8. The Balaban J connectivity index is 1.70. The molecule has 1 N–H and O–H groups in total. The summed E-state index contributed by atoms with van der Waals surface area (Å²) in [6.07, 6.45) is 6.12. The standard InChI is InChI=1S/C16H21NO3S/c18-15(8-7-12-5-3-9-21-12)17-13-6-2-1-4-11(13)10-14(17)16(19)20/h3,5,9,11,13-14H,1-2,4,6-8,10H2,(H,19,20)/t11-,13+,14+/m1/s1. The molecule has 1 aliphatic carbocycles. The van der Waals surface area contributed by atoms with Crippen molar-refractivity contribution in [2.75, 3.05) is 0 Å². The van der Waals surface area contributed by atoms with E-state index in [4.69, 9.17) is 0 Å². The van der Waals surface area contributed by atoms with Crippen LogP contribution >= 0.6 is 11.3 Å². The van der Waals surface area contributed by atoms with Crippen LogP contribution < -0.4 is 0 Å². The number of fused-ring (bicyclic) bond motifs is 1. The molecule has 1 aliphatic heterocycles. The second-order valence-electron chi connectivity index (χ2n) is 6.08. The van der Waals surface area contributed by atoms with Crippen LogP contribution in [0.15, 0.2) is 17.5 Å². The number of thiophene rings is 1. The van der Waals surface area contributed by atoms with Crippen LogP contribution in [0.4, 0.5) is 0 Å². The molecule has 3 rings (SSSR count). The summed E-state index contributed by atoms with van der Waals surface area (Å²) in [5, 5.41) is 11.4. The first kappa shape index (κ1) is 14.6. The zero-order valence-corrected chi connectivity index (χ0v) is 12.8. The van der Waals surface area contributed by atoms with Gasteiger partial charge in [-0.1, -0.05) is 18.9 Å². The topological polar surface area (TPSA) is 57.6 Å². The van der Waals surface area contributed by atoms with Crippen molar-refractivity contribution in [1.82, 2.24) is 4.90 Å². The van der Waals surface area contributed by atoms with Crippen molar-refractivity contribution in [2.45, 2.75) is 57.0 Å². The molecule has 2 aliphatic rings. The van der Waals surface area contributed by atoms with Gasteiger partial charge >= 0.3 is 5.97 Å². The summed E-state index contributed by atoms with van der Waals surface area (Å²) in [4.78, 5) is 27.0. The Kier molecular flexibility index (Phi) is 4.29. The monoisotopic (exact) mass is 307 g/mol. The number of likely N-dealkylation sites (tertiary alicyclic amines) is 1. The highest BCUT2D eigenvalue weighted by molar-refractivity contribution is 7.09. The average Bonchev–Trinajstić information content (AvgIpc) is 3.11. The second-order valence-corrected chi connectivity index (χ2v) is 7.11. The number of nitrogens with zero attached hydrogens (tertiary/aromatic N) is 1. The Labute approximate surface area is 128 Å². The third kappa shape index (κ3) is 2.98. The molecule has 1 aromatic rings. The van der Waals surface area contributed by atoms with Crippen LogP contribution in [-0.2, 0) is 16.0 Å². The fourth-order valence-electron chi connectivity index (χ4n) is 3.85. The van der Waals surface area contributed by atoms with E-state index >= 15 is 0 Å². The fourth-order valence-corrected chi connectivity index (χ4v) is 4.56. The molecule has 0 radical (unpaired) electrons. The highest BCUT2D eigenvalue weighted by Gasteiger charge is 2.47. The molecular formula is C16H21NO3S. The molecule has 2 heterocycles. The highest BCUT2D eigenvalue weighted by Crippen LogP contribution is 2.40. The van der Waals surface area contributed by atoms with E-state index in [0.717, 1.165) is 25.7 Å². The molecule has 1 saturated carbocycles. The number of hydrogen-bond donors (Lipinski definition) is 1. The van der Waals surface area contributed by atoms with Gasteiger partial charge in [-0.15, -0.1) is 11.3 Å². The van der Waals surface area contributed by atoms with Crippen molar-refractivity contribution >= 4 is 23.2 Å². The zero-order valence-electron chi connectivity index (χ0n) is 12.0. The van der Waals surface area contributed by atoms with Gasteiger partial charge in [0.25, 0.3) is 0 Å². The average molecular weight is 307 g/mol. The molecule has 0 bridgehead atoms. The third-order valence-corrected chi connectivity index (χ3v) is 5.76. The molecule has 4 nitrogen and oxygen atoms in total. The number of hydrogen-bond acceptors (Lipinski definition) is 3. The molecule has 21 heavy (non-hydrogen) atoms. The SMILES string of the molecule is O=C(O)[C@@H]1C[C@H]2CCCC[C@@H]2N1C(=O)CCc1cccs1. The maximum Gasteiger partial charge on any atom is 0.326 e. The summed E-state index contributed by atoms with van der Waals surface area (Å²) in [5.74, 6) is -0.426. The van der Waals surface area contributed by atoms with E-state index in [1.54, 1.807) is 16.2 Å². The predicted octanol–water partition coefficient (Wildman–Crippen LogP) is 2.93. The third-order valence-electron chi connectivity index (χ3n) is 4.83. The summed E-state index contributed by atoms with van der Waals surface area (Å²) in [6, 6.07) is 3.57. The van der Waals surface area contributed by atoms with E-state index in [0.29, 0.717) is 18.8 Å². The lowest BCUT2D eigenvalue weighted by Crippen LogP contribution is -2.46. The summed E-state index contributed by atoms with van der Waals surface area (Å²) >= 11 is 1.65. The maximum absolute atomic E-state index is 12.6. The summed E-state index contributed by atoms with van der Waals surface area (Å²) < 4.78 is 0. The molecule has 2 fully saturated rings. The minimum absolute atomic E-state index is 0.0187. The lowest BCUT2D eigenvalue weighted by molar-refractivity contribution is -0.149. The Morgan fingerprint density at radius 3 is 2.86 bits per heavy atom. The van der Waals surface area contributed by atoms with Gasteiger partial charge in [0.15, 0.2) is 0 Å². The maximum atomic E-state index is 12.6. The van der Waals surface area contributed by atoms with E-state index in [1.807, 2.05) is 17.5 Å². The Hall–Kier alpha value is -1.36. The molecule has 0 unspecified atom stereocenters. The molecule has 1 saturated heterocycles. The van der Waals surface area contributed by atoms with E-state index in [2.05, 4.69) is 0 Å². The number of carbonyl (C=O) groups is 2. The Morgan fingerprint density at radius 1 is 1.33 bits per heavy atom. The first-order valence-electron chi connectivity index (χ1n) is 7.73. The van der Waals surface area contributed by atoms with Gasteiger partial charge in [-0.3, -0.25) is 4.79 Å². The minimum Gasteiger partial charge on any atom is -0.480 e. The van der Waals surface area contributed by atoms with Crippen molar-refractivity contribution in [3.8, 4) is 0 Å². The quantitative estimate of drug-likeness (QED) is 0.930. The fraction of sp³-hybridized carbons (Fsp3) is 0.625. The number of carboxylic acid groups (broad SMARTS) is 1. The van der Waals surface area contributed by atoms with Crippen LogP contribution in [0.25, 0.3) is 0 Å². The molecule has 114 valence electrons. The van der Waals surface area contributed by atoms with Crippen molar-refractivity contribution in [3.05, 3.63) is 22.4 Å².